The van der Waals surface area contributed by atoms with Gasteiger partial charge in [-0.1, -0.05) is 19.3 Å². The molecule has 0 saturated heterocycles. The first kappa shape index (κ1) is 8.10. The zero-order chi connectivity index (χ0) is 8.39. The molecule has 2 aliphatic carbocycles. The van der Waals surface area contributed by atoms with Crippen molar-refractivity contribution in [2.45, 2.75) is 44.9 Å². The SMILES string of the molecule is N#CCC1C[C@H]2CCC[C@@H](C1)C2. The molecule has 0 amide bonds. The van der Waals surface area contributed by atoms with Crippen LogP contribution in [0.15, 0.2) is 0 Å². The summed E-state index contributed by atoms with van der Waals surface area (Å²) in [5.41, 5.74) is 0. The average molecular weight is 163 g/mol. The number of fused-ring (bicyclic) bond motifs is 2. The standard InChI is InChI=1S/C11H17N/c12-5-4-11-7-9-2-1-3-10(6-9)8-11/h9-11H,1-4,6-8H2/t9-,10+,11?. The van der Waals surface area contributed by atoms with E-state index in [0.717, 1.165) is 24.2 Å². The minimum Gasteiger partial charge on any atom is -0.198 e. The fourth-order valence-electron chi connectivity index (χ4n) is 3.17. The van der Waals surface area contributed by atoms with Crippen molar-refractivity contribution >= 4 is 0 Å². The fourth-order valence-corrected chi connectivity index (χ4v) is 3.17. The third-order valence-electron chi connectivity index (χ3n) is 3.60. The van der Waals surface area contributed by atoms with E-state index in [-0.39, 0.29) is 0 Å². The van der Waals surface area contributed by atoms with E-state index >= 15 is 0 Å². The molecule has 0 aromatic carbocycles. The Balaban J connectivity index is 1.92. The van der Waals surface area contributed by atoms with Crippen molar-refractivity contribution < 1.29 is 0 Å². The van der Waals surface area contributed by atoms with Gasteiger partial charge in [0, 0.05) is 6.42 Å². The lowest BCUT2D eigenvalue weighted by molar-refractivity contribution is 0.139. The average Bonchev–Trinajstić information content (AvgIpc) is 2.04. The maximum Gasteiger partial charge on any atom is 0.0624 e. The third-order valence-corrected chi connectivity index (χ3v) is 3.60. The molecule has 0 heterocycles. The first-order valence-corrected chi connectivity index (χ1v) is 5.25. The second-order valence-electron chi connectivity index (χ2n) is 4.60. The van der Waals surface area contributed by atoms with Crippen LogP contribution in [0.3, 0.4) is 0 Å². The lowest BCUT2D eigenvalue weighted by Crippen LogP contribution is -2.26. The van der Waals surface area contributed by atoms with Crippen molar-refractivity contribution in [1.82, 2.24) is 0 Å². The van der Waals surface area contributed by atoms with Crippen molar-refractivity contribution in [2.75, 3.05) is 0 Å². The van der Waals surface area contributed by atoms with Gasteiger partial charge in [-0.15, -0.1) is 0 Å². The molecule has 0 radical (unpaired) electrons. The molecule has 2 fully saturated rings. The number of nitrogens with zero attached hydrogens (tertiary/aromatic N) is 1. The van der Waals surface area contributed by atoms with Gasteiger partial charge in [0.05, 0.1) is 6.07 Å². The highest BCUT2D eigenvalue weighted by Crippen LogP contribution is 2.43. The van der Waals surface area contributed by atoms with Crippen LogP contribution in [-0.2, 0) is 0 Å². The molecular formula is C11H17N. The van der Waals surface area contributed by atoms with Gasteiger partial charge < -0.3 is 0 Å². The predicted molar refractivity (Wildman–Crippen MR) is 48.4 cm³/mol. The second kappa shape index (κ2) is 3.47. The molecule has 2 saturated carbocycles. The monoisotopic (exact) mass is 163 g/mol. The summed E-state index contributed by atoms with van der Waals surface area (Å²) in [4.78, 5) is 0. The molecular weight excluding hydrogens is 146 g/mol. The highest BCUT2D eigenvalue weighted by atomic mass is 14.4. The molecule has 0 N–H and O–H groups in total. The molecule has 1 heteroatoms. The minimum atomic E-state index is 0.749. The zero-order valence-electron chi connectivity index (χ0n) is 7.63. The Kier molecular flexibility index (Phi) is 2.35. The van der Waals surface area contributed by atoms with Crippen LogP contribution < -0.4 is 0 Å². The Hall–Kier alpha value is -0.510. The molecule has 1 unspecified atom stereocenters. The van der Waals surface area contributed by atoms with Gasteiger partial charge in [-0.25, -0.2) is 0 Å². The van der Waals surface area contributed by atoms with Crippen LogP contribution >= 0.6 is 0 Å². The molecule has 3 atom stereocenters. The van der Waals surface area contributed by atoms with Crippen LogP contribution in [-0.4, -0.2) is 0 Å². The fraction of sp³-hybridized carbons (Fsp3) is 0.909. The quantitative estimate of drug-likeness (QED) is 0.582. The van der Waals surface area contributed by atoms with Crippen LogP contribution in [0, 0.1) is 29.1 Å². The van der Waals surface area contributed by atoms with Crippen LogP contribution in [0.4, 0.5) is 0 Å². The van der Waals surface area contributed by atoms with E-state index in [0.29, 0.717) is 0 Å². The summed E-state index contributed by atoms with van der Waals surface area (Å²) in [5.74, 6) is 2.71. The molecule has 12 heavy (non-hydrogen) atoms. The summed E-state index contributed by atoms with van der Waals surface area (Å²) in [6.07, 6.45) is 9.33. The zero-order valence-corrected chi connectivity index (χ0v) is 7.63. The van der Waals surface area contributed by atoms with E-state index in [1.807, 2.05) is 0 Å². The van der Waals surface area contributed by atoms with Crippen LogP contribution in [0.25, 0.3) is 0 Å². The largest absolute Gasteiger partial charge is 0.198 e. The van der Waals surface area contributed by atoms with E-state index < -0.39 is 0 Å². The molecule has 1 nitrogen and oxygen atoms in total. The van der Waals surface area contributed by atoms with E-state index in [2.05, 4.69) is 6.07 Å². The normalized spacial score (nSPS) is 40.4. The van der Waals surface area contributed by atoms with E-state index in [4.69, 9.17) is 5.26 Å². The summed E-state index contributed by atoms with van der Waals surface area (Å²) in [5, 5.41) is 8.63. The Morgan fingerprint density at radius 2 is 1.75 bits per heavy atom. The minimum absolute atomic E-state index is 0.749. The maximum absolute atomic E-state index is 8.63. The van der Waals surface area contributed by atoms with Gasteiger partial charge in [0.1, 0.15) is 0 Å². The summed E-state index contributed by atoms with van der Waals surface area (Å²) in [6, 6.07) is 2.33. The van der Waals surface area contributed by atoms with Crippen LogP contribution in [0.2, 0.25) is 0 Å². The number of rotatable bonds is 1. The van der Waals surface area contributed by atoms with Crippen molar-refractivity contribution in [2.24, 2.45) is 17.8 Å². The summed E-state index contributed by atoms with van der Waals surface area (Å²) in [6.45, 7) is 0. The lowest BCUT2D eigenvalue weighted by Gasteiger charge is -2.38. The van der Waals surface area contributed by atoms with Crippen molar-refractivity contribution in [3.05, 3.63) is 0 Å². The van der Waals surface area contributed by atoms with Gasteiger partial charge in [0.25, 0.3) is 0 Å². The highest BCUT2D eigenvalue weighted by Gasteiger charge is 2.31. The topological polar surface area (TPSA) is 23.8 Å². The van der Waals surface area contributed by atoms with Gasteiger partial charge in [-0.2, -0.15) is 5.26 Å². The Bertz CT molecular complexity index is 180. The molecule has 0 aliphatic heterocycles. The lowest BCUT2D eigenvalue weighted by atomic mass is 9.67. The maximum atomic E-state index is 8.63. The Morgan fingerprint density at radius 3 is 2.33 bits per heavy atom. The van der Waals surface area contributed by atoms with Crippen molar-refractivity contribution in [3.63, 3.8) is 0 Å². The van der Waals surface area contributed by atoms with Gasteiger partial charge in [-0.3, -0.25) is 0 Å². The van der Waals surface area contributed by atoms with E-state index in [1.165, 1.54) is 38.5 Å². The summed E-state index contributed by atoms with van der Waals surface area (Å²) in [7, 11) is 0. The van der Waals surface area contributed by atoms with Crippen LogP contribution in [0.1, 0.15) is 44.9 Å². The van der Waals surface area contributed by atoms with Crippen LogP contribution in [0.5, 0.6) is 0 Å². The smallest absolute Gasteiger partial charge is 0.0624 e. The molecule has 2 aliphatic rings. The Labute approximate surface area is 74.8 Å². The molecule has 2 rings (SSSR count). The molecule has 0 aromatic rings. The second-order valence-corrected chi connectivity index (χ2v) is 4.60. The van der Waals surface area contributed by atoms with Gasteiger partial charge >= 0.3 is 0 Å². The number of hydrogen-bond donors (Lipinski definition) is 0. The number of hydrogen-bond acceptors (Lipinski definition) is 1. The molecule has 2 bridgehead atoms. The predicted octanol–water partition coefficient (Wildman–Crippen LogP) is 3.12. The third kappa shape index (κ3) is 1.63. The first-order valence-electron chi connectivity index (χ1n) is 5.25. The van der Waals surface area contributed by atoms with Crippen molar-refractivity contribution in [3.8, 4) is 6.07 Å². The summed E-state index contributed by atoms with van der Waals surface area (Å²) >= 11 is 0. The van der Waals surface area contributed by atoms with E-state index in [1.54, 1.807) is 0 Å². The number of nitriles is 1. The molecule has 0 spiro atoms. The first-order chi connectivity index (χ1) is 5.88. The van der Waals surface area contributed by atoms with Gasteiger partial charge in [0.15, 0.2) is 0 Å². The molecule has 0 aromatic heterocycles. The molecule has 66 valence electrons. The van der Waals surface area contributed by atoms with Gasteiger partial charge in [0.2, 0.25) is 0 Å². The summed E-state index contributed by atoms with van der Waals surface area (Å²) < 4.78 is 0. The highest BCUT2D eigenvalue weighted by molar-refractivity contribution is 4.87. The van der Waals surface area contributed by atoms with Crippen molar-refractivity contribution in [1.29, 1.82) is 5.26 Å². The Morgan fingerprint density at radius 1 is 1.08 bits per heavy atom. The van der Waals surface area contributed by atoms with Gasteiger partial charge in [-0.05, 0) is 37.0 Å². The van der Waals surface area contributed by atoms with E-state index in [9.17, 15) is 0 Å².